The number of hydrogen-bond acceptors (Lipinski definition) is 2. The summed E-state index contributed by atoms with van der Waals surface area (Å²) in [5.74, 6) is 0.101. The summed E-state index contributed by atoms with van der Waals surface area (Å²) in [6.45, 7) is 0.652. The third-order valence-electron chi connectivity index (χ3n) is 1.98. The number of hydrogen-bond donors (Lipinski definition) is 1. The zero-order chi connectivity index (χ0) is 9.19. The summed E-state index contributed by atoms with van der Waals surface area (Å²) in [6.07, 6.45) is -0.227. The molecular formula is C5H11BF2NO2S+. The van der Waals surface area contributed by atoms with Crippen molar-refractivity contribution in [3.05, 3.63) is 0 Å². The summed E-state index contributed by atoms with van der Waals surface area (Å²) < 4.78 is 45.4. The van der Waals surface area contributed by atoms with Crippen molar-refractivity contribution in [1.29, 1.82) is 0 Å². The van der Waals surface area contributed by atoms with E-state index in [1.165, 1.54) is 0 Å². The summed E-state index contributed by atoms with van der Waals surface area (Å²) in [6, 6.07) is 0. The van der Waals surface area contributed by atoms with Crippen LogP contribution in [0.15, 0.2) is 0 Å². The second-order valence-electron chi connectivity index (χ2n) is 3.00. The molecule has 0 saturated carbocycles. The van der Waals surface area contributed by atoms with Gasteiger partial charge in [0, 0.05) is 0 Å². The van der Waals surface area contributed by atoms with Gasteiger partial charge in [-0.15, -0.1) is 0 Å². The van der Waals surface area contributed by atoms with Crippen molar-refractivity contribution >= 4 is 17.1 Å². The van der Waals surface area contributed by atoms with Crippen molar-refractivity contribution in [2.24, 2.45) is 0 Å². The largest absolute Gasteiger partial charge is 0.592 e. The predicted molar refractivity (Wildman–Crippen MR) is 42.2 cm³/mol. The molecule has 0 amide bonds. The Morgan fingerprint density at radius 1 is 1.25 bits per heavy atom. The van der Waals surface area contributed by atoms with E-state index < -0.39 is 17.1 Å². The minimum absolute atomic E-state index is 0.0506. The molecular weight excluding hydrogens is 187 g/mol. The first-order valence-corrected chi connectivity index (χ1v) is 5.64. The molecule has 1 N–H and O–H groups in total. The quantitative estimate of drug-likeness (QED) is 0.535. The lowest BCUT2D eigenvalue weighted by atomic mass is 9.99. The summed E-state index contributed by atoms with van der Waals surface area (Å²) in [4.78, 5) is 0.694. The Bertz CT molecular complexity index is 230. The van der Waals surface area contributed by atoms with E-state index in [9.17, 15) is 17.0 Å². The van der Waals surface area contributed by atoms with Crippen LogP contribution in [0.1, 0.15) is 0 Å². The van der Waals surface area contributed by atoms with E-state index in [0.717, 1.165) is 0 Å². The van der Waals surface area contributed by atoms with Crippen LogP contribution < -0.4 is 4.90 Å². The second-order valence-corrected chi connectivity index (χ2v) is 5.30. The van der Waals surface area contributed by atoms with Gasteiger partial charge < -0.3 is 4.90 Å². The molecule has 0 bridgehead atoms. The molecule has 1 rings (SSSR count). The Hall–Kier alpha value is -0.165. The highest BCUT2D eigenvalue weighted by Crippen LogP contribution is 1.90. The molecule has 0 radical (unpaired) electrons. The van der Waals surface area contributed by atoms with E-state index in [1.54, 1.807) is 0 Å². The van der Waals surface area contributed by atoms with Gasteiger partial charge in [0.05, 0.1) is 24.6 Å². The molecule has 0 aromatic heterocycles. The van der Waals surface area contributed by atoms with Crippen molar-refractivity contribution < 1.29 is 21.9 Å². The summed E-state index contributed by atoms with van der Waals surface area (Å²) in [5, 5.41) is 0. The molecule has 0 atom stereocenters. The maximum atomic E-state index is 11.8. The van der Waals surface area contributed by atoms with Gasteiger partial charge in [0.1, 0.15) is 6.44 Å². The van der Waals surface area contributed by atoms with Crippen molar-refractivity contribution in [1.82, 2.24) is 0 Å². The SMILES string of the molecule is O=S1(=O)CC[NH+](CB(F)F)CC1. The van der Waals surface area contributed by atoms with E-state index in [1.807, 2.05) is 0 Å². The predicted octanol–water partition coefficient (Wildman–Crippen LogP) is -1.73. The van der Waals surface area contributed by atoms with Crippen LogP contribution in [0.3, 0.4) is 0 Å². The molecule has 12 heavy (non-hydrogen) atoms. The smallest absolute Gasteiger partial charge is 0.334 e. The van der Waals surface area contributed by atoms with Crippen LogP contribution in [0.5, 0.6) is 0 Å². The number of sulfone groups is 1. The van der Waals surface area contributed by atoms with E-state index in [0.29, 0.717) is 18.0 Å². The van der Waals surface area contributed by atoms with Crippen LogP contribution in [0.25, 0.3) is 0 Å². The Morgan fingerprint density at radius 2 is 1.75 bits per heavy atom. The fraction of sp³-hybridized carbons (Fsp3) is 1.00. The standard InChI is InChI=1S/C5H10BF2NO2S/c7-6(8)5-9-1-3-12(10,11)4-2-9/h1-5H2/p+1. The van der Waals surface area contributed by atoms with Gasteiger partial charge in [-0.25, -0.2) is 8.42 Å². The van der Waals surface area contributed by atoms with Crippen molar-refractivity contribution in [3.63, 3.8) is 0 Å². The average molecular weight is 198 g/mol. The second kappa shape index (κ2) is 3.70. The molecule has 0 aromatic carbocycles. The topological polar surface area (TPSA) is 38.6 Å². The van der Waals surface area contributed by atoms with Crippen molar-refractivity contribution in [3.8, 4) is 0 Å². The highest BCUT2D eigenvalue weighted by atomic mass is 32.2. The van der Waals surface area contributed by atoms with Gasteiger partial charge in [-0.05, 0) is 0 Å². The number of quaternary nitrogens is 1. The molecule has 70 valence electrons. The van der Waals surface area contributed by atoms with Gasteiger partial charge in [0.2, 0.25) is 0 Å². The van der Waals surface area contributed by atoms with E-state index in [2.05, 4.69) is 0 Å². The molecule has 1 fully saturated rings. The Labute approximate surface area is 70.8 Å². The lowest BCUT2D eigenvalue weighted by molar-refractivity contribution is -0.886. The Balaban J connectivity index is 2.36. The molecule has 3 nitrogen and oxygen atoms in total. The fourth-order valence-corrected chi connectivity index (χ4v) is 2.65. The molecule has 7 heteroatoms. The van der Waals surface area contributed by atoms with Crippen LogP contribution >= 0.6 is 0 Å². The van der Waals surface area contributed by atoms with Crippen LogP contribution in [-0.4, -0.2) is 46.7 Å². The summed E-state index contributed by atoms with van der Waals surface area (Å²) in [7, 11) is -5.25. The highest BCUT2D eigenvalue weighted by Gasteiger charge is 2.29. The van der Waals surface area contributed by atoms with Crippen molar-refractivity contribution in [2.75, 3.05) is 31.0 Å². The van der Waals surface area contributed by atoms with E-state index in [-0.39, 0.29) is 17.9 Å². The first-order chi connectivity index (χ1) is 5.49. The van der Waals surface area contributed by atoms with Gasteiger partial charge >= 0.3 is 7.27 Å². The zero-order valence-electron chi connectivity index (χ0n) is 6.59. The molecule has 0 unspecified atom stereocenters. The summed E-state index contributed by atoms with van der Waals surface area (Å²) in [5.41, 5.74) is 0. The lowest BCUT2D eigenvalue weighted by Gasteiger charge is -2.22. The normalized spacial score (nSPS) is 23.8. The molecule has 0 aliphatic carbocycles. The Kier molecular flexibility index (Phi) is 3.06. The lowest BCUT2D eigenvalue weighted by Crippen LogP contribution is -3.15. The molecule has 0 spiro atoms. The third kappa shape index (κ3) is 3.06. The Morgan fingerprint density at radius 3 is 2.17 bits per heavy atom. The maximum absolute atomic E-state index is 11.8. The van der Waals surface area contributed by atoms with Gasteiger partial charge in [-0.2, -0.15) is 0 Å². The monoisotopic (exact) mass is 198 g/mol. The van der Waals surface area contributed by atoms with Gasteiger partial charge in [-0.1, -0.05) is 0 Å². The fourth-order valence-electron chi connectivity index (χ4n) is 1.25. The number of halogens is 2. The molecule has 0 aromatic rings. The first kappa shape index (κ1) is 9.92. The number of rotatable bonds is 2. The van der Waals surface area contributed by atoms with Crippen LogP contribution in [0.2, 0.25) is 0 Å². The minimum atomic E-state index is -2.92. The molecule has 1 saturated heterocycles. The van der Waals surface area contributed by atoms with Crippen LogP contribution in [0, 0.1) is 0 Å². The van der Waals surface area contributed by atoms with Crippen LogP contribution in [0.4, 0.5) is 8.63 Å². The maximum Gasteiger partial charge on any atom is 0.592 e. The highest BCUT2D eigenvalue weighted by molar-refractivity contribution is 7.91. The van der Waals surface area contributed by atoms with Gasteiger partial charge in [0.25, 0.3) is 0 Å². The minimum Gasteiger partial charge on any atom is -0.334 e. The average Bonchev–Trinajstić information content (AvgIpc) is 1.93. The van der Waals surface area contributed by atoms with E-state index in [4.69, 9.17) is 0 Å². The molecule has 1 aliphatic heterocycles. The number of nitrogens with one attached hydrogen (secondary N) is 1. The van der Waals surface area contributed by atoms with Gasteiger partial charge in [0.15, 0.2) is 9.84 Å². The third-order valence-corrected chi connectivity index (χ3v) is 3.63. The van der Waals surface area contributed by atoms with Gasteiger partial charge in [-0.3, -0.25) is 8.63 Å². The van der Waals surface area contributed by atoms with Crippen LogP contribution in [-0.2, 0) is 9.84 Å². The molecule has 1 heterocycles. The van der Waals surface area contributed by atoms with E-state index >= 15 is 0 Å². The molecule has 1 aliphatic rings. The van der Waals surface area contributed by atoms with Crippen molar-refractivity contribution in [2.45, 2.75) is 0 Å². The first-order valence-electron chi connectivity index (χ1n) is 3.82. The zero-order valence-corrected chi connectivity index (χ0v) is 7.41. The summed E-state index contributed by atoms with van der Waals surface area (Å²) >= 11 is 0.